The zero-order valence-electron chi connectivity index (χ0n) is 16.1. The molecule has 0 bridgehead atoms. The van der Waals surface area contributed by atoms with Gasteiger partial charge in [0, 0.05) is 39.3 Å². The minimum Gasteiger partial charge on any atom is -0.404 e. The van der Waals surface area contributed by atoms with Gasteiger partial charge in [0.25, 0.3) is 0 Å². The number of carbonyl (C=O) groups is 2. The fraction of sp³-hybridized carbons (Fsp3) is 0.579. The number of anilines is 1. The molecule has 2 fully saturated rings. The summed E-state index contributed by atoms with van der Waals surface area (Å²) in [6, 6.07) is 4.92. The molecule has 2 heterocycles. The van der Waals surface area contributed by atoms with Crippen LogP contribution in [0.25, 0.3) is 0 Å². The molecule has 3 rings (SSSR count). The first-order chi connectivity index (χ1) is 13.8. The molecule has 3 amide bonds. The smallest absolute Gasteiger partial charge is 0.404 e. The SMILES string of the molecule is O=C(CN1CCN(C(=O)Nc2ccccc2OC(F)(F)F)CC1)N1CCCCC1. The summed E-state index contributed by atoms with van der Waals surface area (Å²) in [6.07, 6.45) is -1.60. The molecule has 1 aromatic rings. The molecular formula is C19H25F3N4O3. The number of likely N-dealkylation sites (tertiary alicyclic amines) is 1. The lowest BCUT2D eigenvalue weighted by molar-refractivity contribution is -0.274. The molecule has 0 unspecified atom stereocenters. The fourth-order valence-corrected chi connectivity index (χ4v) is 3.52. The van der Waals surface area contributed by atoms with E-state index in [1.54, 1.807) is 0 Å². The molecule has 0 saturated carbocycles. The number of piperazine rings is 1. The van der Waals surface area contributed by atoms with Crippen LogP contribution in [-0.2, 0) is 4.79 Å². The number of nitrogens with zero attached hydrogens (tertiary/aromatic N) is 3. The zero-order valence-corrected chi connectivity index (χ0v) is 16.1. The van der Waals surface area contributed by atoms with E-state index in [4.69, 9.17) is 0 Å². The third kappa shape index (κ3) is 6.25. The first-order valence-electron chi connectivity index (χ1n) is 9.73. The molecule has 1 N–H and O–H groups in total. The minimum atomic E-state index is -4.84. The Morgan fingerprint density at radius 1 is 0.931 bits per heavy atom. The predicted octanol–water partition coefficient (Wildman–Crippen LogP) is 2.75. The van der Waals surface area contributed by atoms with Crippen LogP contribution in [0.15, 0.2) is 24.3 Å². The second kappa shape index (κ2) is 9.34. The van der Waals surface area contributed by atoms with Crippen molar-refractivity contribution in [2.24, 2.45) is 0 Å². The average molecular weight is 414 g/mol. The first kappa shape index (κ1) is 21.2. The molecular weight excluding hydrogens is 389 g/mol. The Bertz CT molecular complexity index is 715. The van der Waals surface area contributed by atoms with Crippen molar-refractivity contribution in [3.63, 3.8) is 0 Å². The second-order valence-corrected chi connectivity index (χ2v) is 7.18. The Hall–Kier alpha value is -2.49. The summed E-state index contributed by atoms with van der Waals surface area (Å²) in [5.74, 6) is -0.347. The molecule has 10 heteroatoms. The molecule has 0 atom stereocenters. The number of alkyl halides is 3. The summed E-state index contributed by atoms with van der Waals surface area (Å²) in [4.78, 5) is 30.2. The van der Waals surface area contributed by atoms with Crippen LogP contribution in [0.4, 0.5) is 23.7 Å². The van der Waals surface area contributed by atoms with Crippen LogP contribution in [0.1, 0.15) is 19.3 Å². The van der Waals surface area contributed by atoms with Gasteiger partial charge in [0.2, 0.25) is 5.91 Å². The number of nitrogens with one attached hydrogen (secondary N) is 1. The van der Waals surface area contributed by atoms with Gasteiger partial charge in [-0.25, -0.2) is 4.79 Å². The first-order valence-corrected chi connectivity index (χ1v) is 9.73. The van der Waals surface area contributed by atoms with Crippen LogP contribution >= 0.6 is 0 Å². The van der Waals surface area contributed by atoms with Crippen molar-refractivity contribution < 1.29 is 27.5 Å². The van der Waals surface area contributed by atoms with E-state index in [9.17, 15) is 22.8 Å². The number of ether oxygens (including phenoxy) is 1. The van der Waals surface area contributed by atoms with Crippen molar-refractivity contribution in [2.45, 2.75) is 25.6 Å². The molecule has 0 radical (unpaired) electrons. The summed E-state index contributed by atoms with van der Waals surface area (Å²) in [5.41, 5.74) is -0.0440. The number of amides is 3. The van der Waals surface area contributed by atoms with Crippen molar-refractivity contribution in [3.8, 4) is 5.75 Å². The molecule has 1 aromatic carbocycles. The lowest BCUT2D eigenvalue weighted by Crippen LogP contribution is -2.52. The van der Waals surface area contributed by atoms with E-state index >= 15 is 0 Å². The van der Waals surface area contributed by atoms with Crippen molar-refractivity contribution >= 4 is 17.6 Å². The maximum Gasteiger partial charge on any atom is 0.573 e. The van der Waals surface area contributed by atoms with Crippen LogP contribution in [0.2, 0.25) is 0 Å². The number of rotatable bonds is 4. The van der Waals surface area contributed by atoms with Crippen LogP contribution < -0.4 is 10.1 Å². The van der Waals surface area contributed by atoms with Gasteiger partial charge in [-0.15, -0.1) is 13.2 Å². The highest BCUT2D eigenvalue weighted by Gasteiger charge is 2.32. The van der Waals surface area contributed by atoms with Gasteiger partial charge in [-0.1, -0.05) is 12.1 Å². The third-order valence-electron chi connectivity index (χ3n) is 5.08. The van der Waals surface area contributed by atoms with E-state index in [0.29, 0.717) is 32.7 Å². The number of benzene rings is 1. The minimum absolute atomic E-state index is 0.0440. The van der Waals surface area contributed by atoms with E-state index in [1.807, 2.05) is 9.80 Å². The van der Waals surface area contributed by atoms with E-state index < -0.39 is 18.1 Å². The average Bonchev–Trinajstić information content (AvgIpc) is 2.69. The van der Waals surface area contributed by atoms with Gasteiger partial charge in [0.05, 0.1) is 12.2 Å². The largest absolute Gasteiger partial charge is 0.573 e. The number of hydrogen-bond acceptors (Lipinski definition) is 4. The van der Waals surface area contributed by atoms with E-state index in [-0.39, 0.29) is 11.6 Å². The number of piperidine rings is 1. The highest BCUT2D eigenvalue weighted by Crippen LogP contribution is 2.30. The maximum absolute atomic E-state index is 12.5. The van der Waals surface area contributed by atoms with Gasteiger partial charge in [-0.05, 0) is 31.4 Å². The molecule has 2 aliphatic rings. The predicted molar refractivity (Wildman–Crippen MR) is 101 cm³/mol. The van der Waals surface area contributed by atoms with Crippen LogP contribution in [0.3, 0.4) is 0 Å². The summed E-state index contributed by atoms with van der Waals surface area (Å²) < 4.78 is 41.5. The number of carbonyl (C=O) groups excluding carboxylic acids is 2. The van der Waals surface area contributed by atoms with Gasteiger partial charge in [-0.3, -0.25) is 9.69 Å². The van der Waals surface area contributed by atoms with Crippen molar-refractivity contribution in [2.75, 3.05) is 51.1 Å². The van der Waals surface area contributed by atoms with Crippen molar-refractivity contribution in [1.82, 2.24) is 14.7 Å². The number of urea groups is 1. The Balaban J connectivity index is 1.48. The van der Waals surface area contributed by atoms with Crippen molar-refractivity contribution in [3.05, 3.63) is 24.3 Å². The van der Waals surface area contributed by atoms with Crippen LogP contribution in [0.5, 0.6) is 5.75 Å². The number of para-hydroxylation sites is 2. The van der Waals surface area contributed by atoms with Gasteiger partial charge in [0.15, 0.2) is 5.75 Å². The second-order valence-electron chi connectivity index (χ2n) is 7.18. The quantitative estimate of drug-likeness (QED) is 0.823. The molecule has 2 aliphatic heterocycles. The standard InChI is InChI=1S/C19H25F3N4O3/c20-19(21,22)29-16-7-3-2-6-15(16)23-18(28)26-12-10-24(11-13-26)14-17(27)25-8-4-1-5-9-25/h2-3,6-7H,1,4-5,8-14H2,(H,23,28). The van der Waals surface area contributed by atoms with Gasteiger partial charge in [0.1, 0.15) is 0 Å². The van der Waals surface area contributed by atoms with Crippen LogP contribution in [0, 0.1) is 0 Å². The molecule has 160 valence electrons. The normalized spacial score (nSPS) is 18.4. The molecule has 2 saturated heterocycles. The van der Waals surface area contributed by atoms with Gasteiger partial charge < -0.3 is 19.9 Å². The summed E-state index contributed by atoms with van der Waals surface area (Å²) in [6.45, 7) is 3.79. The Labute approximate surface area is 167 Å². The Morgan fingerprint density at radius 3 is 2.24 bits per heavy atom. The monoisotopic (exact) mass is 414 g/mol. The van der Waals surface area contributed by atoms with E-state index in [2.05, 4.69) is 10.1 Å². The molecule has 7 nitrogen and oxygen atoms in total. The Morgan fingerprint density at radius 2 is 1.59 bits per heavy atom. The third-order valence-corrected chi connectivity index (χ3v) is 5.08. The molecule has 0 aromatic heterocycles. The Kier molecular flexibility index (Phi) is 6.83. The molecule has 0 spiro atoms. The molecule has 29 heavy (non-hydrogen) atoms. The topological polar surface area (TPSA) is 65.1 Å². The lowest BCUT2D eigenvalue weighted by atomic mass is 10.1. The van der Waals surface area contributed by atoms with E-state index in [1.165, 1.54) is 23.1 Å². The summed E-state index contributed by atoms with van der Waals surface area (Å²) in [5, 5.41) is 2.48. The van der Waals surface area contributed by atoms with Crippen LogP contribution in [-0.4, -0.2) is 78.8 Å². The fourth-order valence-electron chi connectivity index (χ4n) is 3.52. The summed E-state index contributed by atoms with van der Waals surface area (Å²) >= 11 is 0. The number of halogens is 3. The van der Waals surface area contributed by atoms with Crippen molar-refractivity contribution in [1.29, 1.82) is 0 Å². The van der Waals surface area contributed by atoms with Gasteiger partial charge in [-0.2, -0.15) is 0 Å². The highest BCUT2D eigenvalue weighted by molar-refractivity contribution is 5.91. The lowest BCUT2D eigenvalue weighted by Gasteiger charge is -2.36. The number of hydrogen-bond donors (Lipinski definition) is 1. The van der Waals surface area contributed by atoms with E-state index in [0.717, 1.165) is 38.4 Å². The summed E-state index contributed by atoms with van der Waals surface area (Å²) in [7, 11) is 0. The molecule has 0 aliphatic carbocycles. The maximum atomic E-state index is 12.5. The van der Waals surface area contributed by atoms with Gasteiger partial charge >= 0.3 is 12.4 Å². The zero-order chi connectivity index (χ0) is 20.9. The highest BCUT2D eigenvalue weighted by atomic mass is 19.4.